The quantitative estimate of drug-likeness (QED) is 0.609. The summed E-state index contributed by atoms with van der Waals surface area (Å²) >= 11 is 5.98. The van der Waals surface area contributed by atoms with Gasteiger partial charge in [-0.05, 0) is 35.7 Å². The zero-order valence-corrected chi connectivity index (χ0v) is 16.6. The molecule has 5 nitrogen and oxygen atoms in total. The van der Waals surface area contributed by atoms with E-state index in [1.807, 2.05) is 60.2 Å². The summed E-state index contributed by atoms with van der Waals surface area (Å²) in [6.07, 6.45) is 3.10. The number of amides is 2. The monoisotopic (exact) mass is 397 g/mol. The second kappa shape index (κ2) is 9.42. The number of hydrogen-bond acceptors (Lipinski definition) is 2. The van der Waals surface area contributed by atoms with Gasteiger partial charge in [-0.15, -0.1) is 0 Å². The molecule has 3 aromatic rings. The molecule has 0 aliphatic heterocycles. The number of fused-ring (bicyclic) bond motifs is 1. The van der Waals surface area contributed by atoms with Crippen molar-refractivity contribution in [3.8, 4) is 0 Å². The standard InChI is InChI=1S/C22H24ClN3O2/c1-2-10-24-21(27)12-17-14-26(20-9-4-3-8-19(17)20)15-22(28)25-13-16-6-5-7-18(23)11-16/h3-9,11,14H,2,10,12-13,15H2,1H3,(H,24,27)(H,25,28). The van der Waals surface area contributed by atoms with E-state index in [1.54, 1.807) is 6.07 Å². The first-order valence-corrected chi connectivity index (χ1v) is 9.79. The van der Waals surface area contributed by atoms with Gasteiger partial charge in [-0.25, -0.2) is 0 Å². The van der Waals surface area contributed by atoms with Gasteiger partial charge in [0, 0.05) is 35.2 Å². The molecular formula is C22H24ClN3O2. The minimum absolute atomic E-state index is 0.00448. The molecule has 1 aromatic heterocycles. The van der Waals surface area contributed by atoms with Crippen LogP contribution >= 0.6 is 11.6 Å². The number of nitrogens with one attached hydrogen (secondary N) is 2. The highest BCUT2D eigenvalue weighted by Gasteiger charge is 2.13. The van der Waals surface area contributed by atoms with Gasteiger partial charge in [0.05, 0.1) is 6.42 Å². The number of halogens is 1. The summed E-state index contributed by atoms with van der Waals surface area (Å²) in [5, 5.41) is 7.46. The Hall–Kier alpha value is -2.79. The van der Waals surface area contributed by atoms with Crippen molar-refractivity contribution < 1.29 is 9.59 Å². The molecule has 2 amide bonds. The van der Waals surface area contributed by atoms with Crippen LogP contribution in [0, 0.1) is 0 Å². The maximum Gasteiger partial charge on any atom is 0.240 e. The third-order valence-electron chi connectivity index (χ3n) is 4.49. The van der Waals surface area contributed by atoms with Crippen LogP contribution in [-0.4, -0.2) is 22.9 Å². The molecule has 0 aliphatic carbocycles. The molecule has 0 saturated carbocycles. The Morgan fingerprint density at radius 2 is 1.86 bits per heavy atom. The van der Waals surface area contributed by atoms with Gasteiger partial charge < -0.3 is 15.2 Å². The Balaban J connectivity index is 1.70. The lowest BCUT2D eigenvalue weighted by Crippen LogP contribution is -2.27. The summed E-state index contributed by atoms with van der Waals surface area (Å²) in [5.41, 5.74) is 2.82. The van der Waals surface area contributed by atoms with E-state index < -0.39 is 0 Å². The van der Waals surface area contributed by atoms with Crippen LogP contribution in [-0.2, 0) is 29.1 Å². The Bertz CT molecular complexity index is 981. The van der Waals surface area contributed by atoms with E-state index in [1.165, 1.54) is 0 Å². The number of rotatable bonds is 8. The lowest BCUT2D eigenvalue weighted by Gasteiger charge is -2.08. The van der Waals surface area contributed by atoms with E-state index in [4.69, 9.17) is 11.6 Å². The van der Waals surface area contributed by atoms with E-state index >= 15 is 0 Å². The normalized spacial score (nSPS) is 10.8. The molecule has 0 radical (unpaired) electrons. The first kappa shape index (κ1) is 20.0. The Kier molecular flexibility index (Phi) is 6.71. The minimum Gasteiger partial charge on any atom is -0.356 e. The lowest BCUT2D eigenvalue weighted by molar-refractivity contribution is -0.122. The van der Waals surface area contributed by atoms with Gasteiger partial charge in [0.15, 0.2) is 0 Å². The van der Waals surface area contributed by atoms with Crippen LogP contribution in [0.1, 0.15) is 24.5 Å². The van der Waals surface area contributed by atoms with E-state index in [-0.39, 0.29) is 18.4 Å². The van der Waals surface area contributed by atoms with Crippen LogP contribution in [0.25, 0.3) is 10.9 Å². The summed E-state index contributed by atoms with van der Waals surface area (Å²) in [5.74, 6) is -0.0992. The van der Waals surface area contributed by atoms with Gasteiger partial charge in [0.2, 0.25) is 11.8 Å². The summed E-state index contributed by atoms with van der Waals surface area (Å²) in [7, 11) is 0. The van der Waals surface area contributed by atoms with Crippen molar-refractivity contribution in [2.75, 3.05) is 6.54 Å². The number of carbonyl (C=O) groups is 2. The fraction of sp³-hybridized carbons (Fsp3) is 0.273. The van der Waals surface area contributed by atoms with Gasteiger partial charge in [0.25, 0.3) is 0 Å². The van der Waals surface area contributed by atoms with Crippen molar-refractivity contribution >= 4 is 34.3 Å². The second-order valence-electron chi connectivity index (χ2n) is 6.73. The average Bonchev–Trinajstić information content (AvgIpc) is 3.02. The average molecular weight is 398 g/mol. The van der Waals surface area contributed by atoms with Gasteiger partial charge in [-0.2, -0.15) is 0 Å². The van der Waals surface area contributed by atoms with E-state index in [0.717, 1.165) is 28.5 Å². The zero-order chi connectivity index (χ0) is 19.9. The van der Waals surface area contributed by atoms with E-state index in [0.29, 0.717) is 24.5 Å². The SMILES string of the molecule is CCCNC(=O)Cc1cn(CC(=O)NCc2cccc(Cl)c2)c2ccccc12. The molecule has 0 bridgehead atoms. The fourth-order valence-corrected chi connectivity index (χ4v) is 3.37. The van der Waals surface area contributed by atoms with Gasteiger partial charge in [0.1, 0.15) is 6.54 Å². The number of benzene rings is 2. The van der Waals surface area contributed by atoms with E-state index in [2.05, 4.69) is 10.6 Å². The van der Waals surface area contributed by atoms with Crippen molar-refractivity contribution in [2.24, 2.45) is 0 Å². The third kappa shape index (κ3) is 5.14. The molecule has 0 unspecified atom stereocenters. The Morgan fingerprint density at radius 3 is 2.64 bits per heavy atom. The molecule has 0 atom stereocenters. The largest absolute Gasteiger partial charge is 0.356 e. The summed E-state index contributed by atoms with van der Waals surface area (Å²) in [6.45, 7) is 3.31. The van der Waals surface area contributed by atoms with Crippen molar-refractivity contribution in [1.29, 1.82) is 0 Å². The van der Waals surface area contributed by atoms with Crippen molar-refractivity contribution in [1.82, 2.24) is 15.2 Å². The molecule has 0 fully saturated rings. The van der Waals surface area contributed by atoms with Crippen LogP contribution in [0.15, 0.2) is 54.7 Å². The smallest absolute Gasteiger partial charge is 0.240 e. The molecule has 3 rings (SSSR count). The predicted octanol–water partition coefficient (Wildman–Crippen LogP) is 3.68. The number of hydrogen-bond donors (Lipinski definition) is 2. The Morgan fingerprint density at radius 1 is 1.04 bits per heavy atom. The molecule has 2 N–H and O–H groups in total. The lowest BCUT2D eigenvalue weighted by atomic mass is 10.1. The molecule has 0 spiro atoms. The maximum atomic E-state index is 12.4. The summed E-state index contributed by atoms with van der Waals surface area (Å²) in [6, 6.07) is 15.2. The molecule has 1 heterocycles. The van der Waals surface area contributed by atoms with Crippen LogP contribution in [0.2, 0.25) is 5.02 Å². The number of aromatic nitrogens is 1. The summed E-state index contributed by atoms with van der Waals surface area (Å²) < 4.78 is 1.89. The van der Waals surface area contributed by atoms with Crippen LogP contribution in [0.5, 0.6) is 0 Å². The van der Waals surface area contributed by atoms with Crippen molar-refractivity contribution in [3.05, 3.63) is 70.9 Å². The zero-order valence-electron chi connectivity index (χ0n) is 15.9. The molecular weight excluding hydrogens is 374 g/mol. The van der Waals surface area contributed by atoms with Crippen LogP contribution < -0.4 is 10.6 Å². The van der Waals surface area contributed by atoms with Crippen LogP contribution in [0.4, 0.5) is 0 Å². The fourth-order valence-electron chi connectivity index (χ4n) is 3.15. The highest BCUT2D eigenvalue weighted by atomic mass is 35.5. The number of carbonyl (C=O) groups excluding carboxylic acids is 2. The molecule has 2 aromatic carbocycles. The molecule has 0 aliphatic rings. The van der Waals surface area contributed by atoms with Gasteiger partial charge in [-0.1, -0.05) is 48.9 Å². The predicted molar refractivity (Wildman–Crippen MR) is 112 cm³/mol. The first-order chi connectivity index (χ1) is 13.6. The second-order valence-corrected chi connectivity index (χ2v) is 7.17. The minimum atomic E-state index is -0.0947. The molecule has 6 heteroatoms. The number of para-hydroxylation sites is 1. The molecule has 0 saturated heterocycles. The van der Waals surface area contributed by atoms with Gasteiger partial charge in [-0.3, -0.25) is 9.59 Å². The highest BCUT2D eigenvalue weighted by Crippen LogP contribution is 2.22. The third-order valence-corrected chi connectivity index (χ3v) is 4.72. The topological polar surface area (TPSA) is 63.1 Å². The number of nitrogens with zero attached hydrogens (tertiary/aromatic N) is 1. The Labute approximate surface area is 169 Å². The first-order valence-electron chi connectivity index (χ1n) is 9.41. The molecule has 146 valence electrons. The molecule has 28 heavy (non-hydrogen) atoms. The van der Waals surface area contributed by atoms with Crippen molar-refractivity contribution in [3.63, 3.8) is 0 Å². The van der Waals surface area contributed by atoms with Gasteiger partial charge >= 0.3 is 0 Å². The summed E-state index contributed by atoms with van der Waals surface area (Å²) in [4.78, 5) is 24.6. The van der Waals surface area contributed by atoms with E-state index in [9.17, 15) is 9.59 Å². The highest BCUT2D eigenvalue weighted by molar-refractivity contribution is 6.30. The van der Waals surface area contributed by atoms with Crippen LogP contribution in [0.3, 0.4) is 0 Å². The van der Waals surface area contributed by atoms with Crippen molar-refractivity contribution in [2.45, 2.75) is 32.9 Å². The maximum absolute atomic E-state index is 12.4.